The maximum Gasteiger partial charge on any atom is 0.410 e. The number of pyridine rings is 1. The Labute approximate surface area is 220 Å². The molecule has 4 heterocycles. The summed E-state index contributed by atoms with van der Waals surface area (Å²) in [5.74, 6) is 0.0685. The van der Waals surface area contributed by atoms with E-state index in [9.17, 15) is 10.1 Å². The molecular formula is C30H26N6O2. The predicted octanol–water partition coefficient (Wildman–Crippen LogP) is 5.82. The van der Waals surface area contributed by atoms with Crippen molar-refractivity contribution in [2.75, 3.05) is 13.1 Å². The zero-order chi connectivity index (χ0) is 26.4. The molecule has 5 aromatic rings. The molecular weight excluding hydrogens is 476 g/mol. The molecule has 0 aliphatic carbocycles. The Bertz CT molecular complexity index is 1720. The maximum atomic E-state index is 12.4. The van der Waals surface area contributed by atoms with Gasteiger partial charge in [0.2, 0.25) is 0 Å². The van der Waals surface area contributed by atoms with Gasteiger partial charge in [-0.15, -0.1) is 0 Å². The molecule has 2 aromatic carbocycles. The number of carbonyl (C=O) groups is 1. The molecule has 1 aliphatic rings. The molecule has 0 saturated carbocycles. The first-order valence-corrected chi connectivity index (χ1v) is 12.5. The van der Waals surface area contributed by atoms with Crippen LogP contribution in [0.2, 0.25) is 0 Å². The lowest BCUT2D eigenvalue weighted by Crippen LogP contribution is -2.50. The fourth-order valence-corrected chi connectivity index (χ4v) is 4.75. The number of amides is 1. The van der Waals surface area contributed by atoms with Gasteiger partial charge in [0, 0.05) is 41.7 Å². The highest BCUT2D eigenvalue weighted by Gasteiger charge is 2.36. The van der Waals surface area contributed by atoms with Crippen LogP contribution in [-0.4, -0.2) is 49.3 Å². The van der Waals surface area contributed by atoms with Crippen LogP contribution in [-0.2, 0) is 4.74 Å². The molecule has 8 nitrogen and oxygen atoms in total. The van der Waals surface area contributed by atoms with Crippen molar-refractivity contribution in [2.45, 2.75) is 32.3 Å². The number of carbonyl (C=O) groups excluding carboxylic acids is 1. The summed E-state index contributed by atoms with van der Waals surface area (Å²) in [6.45, 7) is 6.61. The van der Waals surface area contributed by atoms with E-state index < -0.39 is 5.60 Å². The van der Waals surface area contributed by atoms with Crippen molar-refractivity contribution >= 4 is 22.6 Å². The highest BCUT2D eigenvalue weighted by atomic mass is 16.6. The van der Waals surface area contributed by atoms with E-state index in [1.807, 2.05) is 81.4 Å². The Morgan fingerprint density at radius 1 is 1.03 bits per heavy atom. The van der Waals surface area contributed by atoms with Crippen LogP contribution in [0.4, 0.5) is 4.79 Å². The fraction of sp³-hybridized carbons (Fsp3) is 0.233. The molecule has 8 heteroatoms. The predicted molar refractivity (Wildman–Crippen MR) is 144 cm³/mol. The number of fused-ring (bicyclic) bond motifs is 2. The SMILES string of the molecule is CC(C)(C)OC(=O)N1CC(c2ccnc3c(C#N)c(-c4ccc5ccc(-c6ccccc6)nc5c4)nn23)C1. The minimum atomic E-state index is -0.540. The maximum absolute atomic E-state index is 12.4. The van der Waals surface area contributed by atoms with Gasteiger partial charge in [-0.05, 0) is 39.0 Å². The highest BCUT2D eigenvalue weighted by molar-refractivity contribution is 5.87. The van der Waals surface area contributed by atoms with Crippen LogP contribution in [0.1, 0.15) is 37.9 Å². The van der Waals surface area contributed by atoms with E-state index in [1.54, 1.807) is 15.6 Å². The molecule has 1 fully saturated rings. The molecule has 0 spiro atoms. The number of nitriles is 1. The van der Waals surface area contributed by atoms with E-state index in [0.717, 1.165) is 33.4 Å². The molecule has 6 rings (SSSR count). The molecule has 1 amide bonds. The summed E-state index contributed by atoms with van der Waals surface area (Å²) in [4.78, 5) is 23.4. The van der Waals surface area contributed by atoms with Gasteiger partial charge in [0.15, 0.2) is 5.65 Å². The topological polar surface area (TPSA) is 96.4 Å². The van der Waals surface area contributed by atoms with Crippen molar-refractivity contribution in [3.8, 4) is 28.6 Å². The molecule has 188 valence electrons. The van der Waals surface area contributed by atoms with E-state index >= 15 is 0 Å². The third-order valence-electron chi connectivity index (χ3n) is 6.65. The number of hydrogen-bond acceptors (Lipinski definition) is 6. The Morgan fingerprint density at radius 3 is 2.53 bits per heavy atom. The Morgan fingerprint density at radius 2 is 1.79 bits per heavy atom. The quantitative estimate of drug-likeness (QED) is 0.309. The third-order valence-corrected chi connectivity index (χ3v) is 6.65. The summed E-state index contributed by atoms with van der Waals surface area (Å²) in [6.07, 6.45) is 1.37. The van der Waals surface area contributed by atoms with Crippen LogP contribution in [0.25, 0.3) is 39.1 Å². The molecule has 1 saturated heterocycles. The van der Waals surface area contributed by atoms with Gasteiger partial charge < -0.3 is 9.64 Å². The number of aromatic nitrogens is 4. The first kappa shape index (κ1) is 23.6. The second kappa shape index (κ2) is 8.96. The minimum Gasteiger partial charge on any atom is -0.444 e. The second-order valence-corrected chi connectivity index (χ2v) is 10.5. The van der Waals surface area contributed by atoms with Crippen molar-refractivity contribution in [3.63, 3.8) is 0 Å². The molecule has 3 aromatic heterocycles. The Kier molecular flexibility index (Phi) is 5.57. The monoisotopic (exact) mass is 502 g/mol. The van der Waals surface area contributed by atoms with Gasteiger partial charge in [-0.2, -0.15) is 10.4 Å². The number of benzene rings is 2. The number of likely N-dealkylation sites (tertiary alicyclic amines) is 1. The summed E-state index contributed by atoms with van der Waals surface area (Å²) < 4.78 is 7.23. The van der Waals surface area contributed by atoms with Crippen LogP contribution in [0.15, 0.2) is 72.9 Å². The van der Waals surface area contributed by atoms with E-state index in [4.69, 9.17) is 14.8 Å². The van der Waals surface area contributed by atoms with Crippen molar-refractivity contribution in [1.29, 1.82) is 5.26 Å². The van der Waals surface area contributed by atoms with Gasteiger partial charge in [-0.3, -0.25) is 0 Å². The fourth-order valence-electron chi connectivity index (χ4n) is 4.75. The number of ether oxygens (including phenoxy) is 1. The molecule has 38 heavy (non-hydrogen) atoms. The van der Waals surface area contributed by atoms with Gasteiger partial charge >= 0.3 is 6.09 Å². The molecule has 1 aliphatic heterocycles. The summed E-state index contributed by atoms with van der Waals surface area (Å²) in [5.41, 5.74) is 5.38. The van der Waals surface area contributed by atoms with Crippen molar-refractivity contribution in [1.82, 2.24) is 24.5 Å². The van der Waals surface area contributed by atoms with E-state index in [-0.39, 0.29) is 12.0 Å². The minimum absolute atomic E-state index is 0.0685. The van der Waals surface area contributed by atoms with Gasteiger partial charge in [0.05, 0.1) is 16.9 Å². The van der Waals surface area contributed by atoms with Crippen LogP contribution < -0.4 is 0 Å². The first-order valence-electron chi connectivity index (χ1n) is 12.5. The largest absolute Gasteiger partial charge is 0.444 e. The standard InChI is InChI=1S/C30H26N6O2/c1-30(2,3)38-29(37)35-17-22(18-35)26-13-14-32-28-23(16-31)27(34-36(26)28)21-10-9-20-11-12-24(33-25(20)15-21)19-7-5-4-6-8-19/h4-15,22H,17-18H2,1-3H3. The zero-order valence-corrected chi connectivity index (χ0v) is 21.4. The highest BCUT2D eigenvalue weighted by Crippen LogP contribution is 2.33. The zero-order valence-electron chi connectivity index (χ0n) is 21.4. The lowest BCUT2D eigenvalue weighted by atomic mass is 9.96. The van der Waals surface area contributed by atoms with E-state index in [0.29, 0.717) is 30.0 Å². The second-order valence-electron chi connectivity index (χ2n) is 10.5. The molecule has 0 atom stereocenters. The van der Waals surface area contributed by atoms with E-state index in [2.05, 4.69) is 17.1 Å². The van der Waals surface area contributed by atoms with Crippen molar-refractivity contribution in [3.05, 3.63) is 84.2 Å². The van der Waals surface area contributed by atoms with Gasteiger partial charge in [0.1, 0.15) is 22.9 Å². The van der Waals surface area contributed by atoms with Crippen LogP contribution in [0.3, 0.4) is 0 Å². The van der Waals surface area contributed by atoms with Crippen molar-refractivity contribution in [2.24, 2.45) is 0 Å². The average Bonchev–Trinajstić information content (AvgIpc) is 3.26. The third kappa shape index (κ3) is 4.22. The lowest BCUT2D eigenvalue weighted by molar-refractivity contribution is 0.00770. The average molecular weight is 503 g/mol. The molecule has 0 bridgehead atoms. The molecule has 0 radical (unpaired) electrons. The van der Waals surface area contributed by atoms with Crippen LogP contribution in [0, 0.1) is 11.3 Å². The smallest absolute Gasteiger partial charge is 0.410 e. The number of hydrogen-bond donors (Lipinski definition) is 0. The summed E-state index contributed by atoms with van der Waals surface area (Å²) >= 11 is 0. The lowest BCUT2D eigenvalue weighted by Gasteiger charge is -2.39. The van der Waals surface area contributed by atoms with Gasteiger partial charge in [-0.25, -0.2) is 19.3 Å². The van der Waals surface area contributed by atoms with Gasteiger partial charge in [0.25, 0.3) is 0 Å². The Balaban J connectivity index is 1.36. The molecule has 0 unspecified atom stereocenters. The van der Waals surface area contributed by atoms with Crippen molar-refractivity contribution < 1.29 is 9.53 Å². The number of rotatable bonds is 3. The summed E-state index contributed by atoms with van der Waals surface area (Å²) in [5, 5.41) is 15.9. The first-order chi connectivity index (χ1) is 18.3. The number of nitrogens with zero attached hydrogens (tertiary/aromatic N) is 6. The summed E-state index contributed by atoms with van der Waals surface area (Å²) in [6, 6.07) is 24.2. The van der Waals surface area contributed by atoms with E-state index in [1.165, 1.54) is 0 Å². The van der Waals surface area contributed by atoms with Crippen LogP contribution >= 0.6 is 0 Å². The normalized spacial score (nSPS) is 13.9. The summed E-state index contributed by atoms with van der Waals surface area (Å²) in [7, 11) is 0. The Hall–Kier alpha value is -4.77. The van der Waals surface area contributed by atoms with Gasteiger partial charge in [-0.1, -0.05) is 48.5 Å². The van der Waals surface area contributed by atoms with Crippen LogP contribution in [0.5, 0.6) is 0 Å². The molecule has 0 N–H and O–H groups in total.